The summed E-state index contributed by atoms with van der Waals surface area (Å²) >= 11 is 0. The molecule has 76 valence electrons. The van der Waals surface area contributed by atoms with E-state index in [0.717, 1.165) is 19.4 Å². The van der Waals surface area contributed by atoms with E-state index in [9.17, 15) is 0 Å². The minimum Gasteiger partial charge on any atom is -0.396 e. The van der Waals surface area contributed by atoms with Crippen LogP contribution in [0.1, 0.15) is 26.7 Å². The second-order valence-electron chi connectivity index (χ2n) is 4.49. The van der Waals surface area contributed by atoms with E-state index in [1.807, 2.05) is 6.92 Å². The van der Waals surface area contributed by atoms with E-state index < -0.39 is 0 Å². The first-order chi connectivity index (χ1) is 6.15. The van der Waals surface area contributed by atoms with Gasteiger partial charge in [0.1, 0.15) is 6.10 Å². The molecule has 0 saturated carbocycles. The molecule has 2 fully saturated rings. The largest absolute Gasteiger partial charge is 0.396 e. The zero-order valence-electron chi connectivity index (χ0n) is 8.32. The number of aliphatic hydroxyl groups excluding tert-OH is 1. The molecule has 4 atom stereocenters. The quantitative estimate of drug-likeness (QED) is 0.667. The molecule has 2 rings (SSSR count). The Morgan fingerprint density at radius 3 is 2.85 bits per heavy atom. The summed E-state index contributed by atoms with van der Waals surface area (Å²) in [5.74, 6) is 0.251. The Labute approximate surface area is 79.0 Å². The fourth-order valence-corrected chi connectivity index (χ4v) is 2.05. The summed E-state index contributed by atoms with van der Waals surface area (Å²) in [5.41, 5.74) is -0.0753. The number of hydrogen-bond acceptors (Lipinski definition) is 3. The molecule has 2 aliphatic rings. The van der Waals surface area contributed by atoms with Crippen molar-refractivity contribution >= 4 is 0 Å². The van der Waals surface area contributed by atoms with Gasteiger partial charge in [-0.15, -0.1) is 0 Å². The third kappa shape index (κ3) is 1.73. The summed E-state index contributed by atoms with van der Waals surface area (Å²) in [6.45, 7) is 5.21. The number of rotatable bonds is 3. The summed E-state index contributed by atoms with van der Waals surface area (Å²) in [6.07, 6.45) is 2.65. The Morgan fingerprint density at radius 1 is 1.62 bits per heavy atom. The lowest BCUT2D eigenvalue weighted by molar-refractivity contribution is -0.0699. The average molecular weight is 186 g/mol. The Morgan fingerprint density at radius 2 is 2.31 bits per heavy atom. The van der Waals surface area contributed by atoms with Crippen LogP contribution in [-0.4, -0.2) is 36.1 Å². The van der Waals surface area contributed by atoms with Crippen molar-refractivity contribution in [2.45, 2.75) is 44.5 Å². The van der Waals surface area contributed by atoms with Crippen molar-refractivity contribution < 1.29 is 14.6 Å². The maximum atomic E-state index is 9.01. The van der Waals surface area contributed by atoms with Crippen molar-refractivity contribution in [2.75, 3.05) is 13.2 Å². The van der Waals surface area contributed by atoms with Crippen LogP contribution in [0.2, 0.25) is 0 Å². The predicted molar refractivity (Wildman–Crippen MR) is 48.5 cm³/mol. The van der Waals surface area contributed by atoms with Crippen molar-refractivity contribution in [1.82, 2.24) is 0 Å². The van der Waals surface area contributed by atoms with Crippen LogP contribution in [0.15, 0.2) is 0 Å². The van der Waals surface area contributed by atoms with E-state index in [2.05, 4.69) is 6.92 Å². The molecule has 0 spiro atoms. The van der Waals surface area contributed by atoms with E-state index in [-0.39, 0.29) is 24.2 Å². The van der Waals surface area contributed by atoms with E-state index in [0.29, 0.717) is 6.10 Å². The van der Waals surface area contributed by atoms with Crippen LogP contribution in [0, 0.1) is 5.92 Å². The topological polar surface area (TPSA) is 42.0 Å². The van der Waals surface area contributed by atoms with Gasteiger partial charge in [-0.1, -0.05) is 6.92 Å². The lowest BCUT2D eigenvalue weighted by atomic mass is 9.97. The van der Waals surface area contributed by atoms with Gasteiger partial charge in [0.05, 0.1) is 18.3 Å². The molecule has 0 aromatic heterocycles. The number of epoxide rings is 1. The lowest BCUT2D eigenvalue weighted by Gasteiger charge is -2.24. The van der Waals surface area contributed by atoms with Crippen molar-refractivity contribution in [1.29, 1.82) is 0 Å². The highest BCUT2D eigenvalue weighted by molar-refractivity contribution is 4.97. The summed E-state index contributed by atoms with van der Waals surface area (Å²) < 4.78 is 11.2. The Bertz CT molecular complexity index is 191. The zero-order chi connectivity index (χ0) is 9.47. The fraction of sp³-hybridized carbons (Fsp3) is 1.00. The molecule has 2 heterocycles. The molecule has 0 bridgehead atoms. The van der Waals surface area contributed by atoms with Crippen LogP contribution in [-0.2, 0) is 9.47 Å². The molecule has 13 heavy (non-hydrogen) atoms. The minimum absolute atomic E-state index is 0.0753. The fourth-order valence-electron chi connectivity index (χ4n) is 2.05. The molecule has 1 N–H and O–H groups in total. The van der Waals surface area contributed by atoms with Gasteiger partial charge in [-0.2, -0.15) is 0 Å². The van der Waals surface area contributed by atoms with Gasteiger partial charge in [0, 0.05) is 12.5 Å². The van der Waals surface area contributed by atoms with Crippen molar-refractivity contribution in [3.63, 3.8) is 0 Å². The van der Waals surface area contributed by atoms with Crippen molar-refractivity contribution in [2.24, 2.45) is 5.92 Å². The first-order valence-electron chi connectivity index (χ1n) is 5.06. The third-order valence-electron chi connectivity index (χ3n) is 3.28. The number of aliphatic hydroxyl groups is 1. The molecule has 2 saturated heterocycles. The second kappa shape index (κ2) is 3.23. The monoisotopic (exact) mass is 186 g/mol. The maximum absolute atomic E-state index is 9.01. The minimum atomic E-state index is -0.0753. The van der Waals surface area contributed by atoms with E-state index in [4.69, 9.17) is 14.6 Å². The number of hydrogen-bond donors (Lipinski definition) is 1. The Balaban J connectivity index is 1.92. The average Bonchev–Trinajstić information content (AvgIpc) is 2.90. The molecule has 0 aromatic carbocycles. The molecular weight excluding hydrogens is 168 g/mol. The lowest BCUT2D eigenvalue weighted by Crippen LogP contribution is -2.33. The summed E-state index contributed by atoms with van der Waals surface area (Å²) in [7, 11) is 0. The van der Waals surface area contributed by atoms with Crippen LogP contribution in [0.4, 0.5) is 0 Å². The standard InChI is InChI=1S/C10H18O3/c1-7(5-11)8-3-4-10(2,13-8)9-6-12-9/h7-9,11H,3-6H2,1-2H3/t7-,8+,9+,10-/m0/s1. The molecule has 0 amide bonds. The summed E-state index contributed by atoms with van der Waals surface area (Å²) in [5, 5.41) is 9.01. The third-order valence-corrected chi connectivity index (χ3v) is 3.28. The van der Waals surface area contributed by atoms with E-state index in [1.165, 1.54) is 0 Å². The van der Waals surface area contributed by atoms with Crippen LogP contribution < -0.4 is 0 Å². The molecular formula is C10H18O3. The van der Waals surface area contributed by atoms with Gasteiger partial charge in [-0.05, 0) is 19.8 Å². The van der Waals surface area contributed by atoms with Crippen molar-refractivity contribution in [3.05, 3.63) is 0 Å². The SMILES string of the molecule is C[C@@H](CO)[C@H]1CC[C@@](C)([C@H]2CO2)O1. The molecule has 2 aliphatic heterocycles. The molecule has 0 unspecified atom stereocenters. The van der Waals surface area contributed by atoms with E-state index >= 15 is 0 Å². The zero-order valence-corrected chi connectivity index (χ0v) is 8.32. The molecule has 3 heteroatoms. The van der Waals surface area contributed by atoms with Gasteiger partial charge in [0.15, 0.2) is 0 Å². The first-order valence-corrected chi connectivity index (χ1v) is 5.06. The molecule has 0 aliphatic carbocycles. The summed E-state index contributed by atoms with van der Waals surface area (Å²) in [4.78, 5) is 0. The van der Waals surface area contributed by atoms with Gasteiger partial charge < -0.3 is 14.6 Å². The highest BCUT2D eigenvalue weighted by Gasteiger charge is 2.49. The molecule has 0 aromatic rings. The van der Waals surface area contributed by atoms with Crippen LogP contribution >= 0.6 is 0 Å². The second-order valence-corrected chi connectivity index (χ2v) is 4.49. The van der Waals surface area contributed by atoms with Crippen LogP contribution in [0.5, 0.6) is 0 Å². The highest BCUT2D eigenvalue weighted by atomic mass is 16.6. The smallest absolute Gasteiger partial charge is 0.110 e. The molecule has 3 nitrogen and oxygen atoms in total. The van der Waals surface area contributed by atoms with Gasteiger partial charge in [0.2, 0.25) is 0 Å². The Kier molecular flexibility index (Phi) is 2.34. The normalized spacial score (nSPS) is 46.4. The van der Waals surface area contributed by atoms with Gasteiger partial charge in [-0.3, -0.25) is 0 Å². The molecule has 0 radical (unpaired) electrons. The van der Waals surface area contributed by atoms with E-state index in [1.54, 1.807) is 0 Å². The number of ether oxygens (including phenoxy) is 2. The first kappa shape index (κ1) is 9.44. The van der Waals surface area contributed by atoms with Gasteiger partial charge >= 0.3 is 0 Å². The van der Waals surface area contributed by atoms with Gasteiger partial charge in [-0.25, -0.2) is 0 Å². The van der Waals surface area contributed by atoms with Gasteiger partial charge in [0.25, 0.3) is 0 Å². The van der Waals surface area contributed by atoms with Crippen molar-refractivity contribution in [3.8, 4) is 0 Å². The summed E-state index contributed by atoms with van der Waals surface area (Å²) in [6, 6.07) is 0. The Hall–Kier alpha value is -0.120. The van der Waals surface area contributed by atoms with Crippen LogP contribution in [0.25, 0.3) is 0 Å². The highest BCUT2D eigenvalue weighted by Crippen LogP contribution is 2.41. The predicted octanol–water partition coefficient (Wildman–Crippen LogP) is 0.951. The van der Waals surface area contributed by atoms with Crippen LogP contribution in [0.3, 0.4) is 0 Å². The maximum Gasteiger partial charge on any atom is 0.110 e.